The van der Waals surface area contributed by atoms with Gasteiger partial charge in [0.1, 0.15) is 12.0 Å². The van der Waals surface area contributed by atoms with E-state index in [9.17, 15) is 0 Å². The smallest absolute Gasteiger partial charge is 0.159 e. The van der Waals surface area contributed by atoms with Gasteiger partial charge in [-0.15, -0.1) is 0 Å². The van der Waals surface area contributed by atoms with Crippen molar-refractivity contribution >= 4 is 23.0 Å². The normalized spacial score (nSPS) is 10.6. The van der Waals surface area contributed by atoms with Gasteiger partial charge in [-0.05, 0) is 37.5 Å². The second-order valence-electron chi connectivity index (χ2n) is 6.01. The Bertz CT molecular complexity index is 827. The predicted octanol–water partition coefficient (Wildman–Crippen LogP) is 3.12. The fourth-order valence-electron chi connectivity index (χ4n) is 2.52. The highest BCUT2D eigenvalue weighted by atomic mass is 15.1. The van der Waals surface area contributed by atoms with Crippen molar-refractivity contribution in [2.45, 2.75) is 26.8 Å². The van der Waals surface area contributed by atoms with Gasteiger partial charge in [0.15, 0.2) is 11.6 Å². The molecule has 3 aromatic rings. The van der Waals surface area contributed by atoms with Crippen molar-refractivity contribution in [3.8, 4) is 0 Å². The summed E-state index contributed by atoms with van der Waals surface area (Å²) in [4.78, 5) is 12.6. The molecule has 0 bridgehead atoms. The molecule has 7 nitrogen and oxygen atoms in total. The minimum Gasteiger partial charge on any atom is -0.393 e. The molecule has 0 aliphatic rings. The van der Waals surface area contributed by atoms with Gasteiger partial charge >= 0.3 is 0 Å². The monoisotopic (exact) mass is 337 g/mol. The van der Waals surface area contributed by atoms with Gasteiger partial charge in [-0.3, -0.25) is 0 Å². The zero-order valence-corrected chi connectivity index (χ0v) is 14.5. The van der Waals surface area contributed by atoms with Crippen molar-refractivity contribution in [3.63, 3.8) is 0 Å². The third-order valence-electron chi connectivity index (χ3n) is 3.97. The van der Waals surface area contributed by atoms with Crippen LogP contribution in [0.25, 0.3) is 0 Å². The maximum absolute atomic E-state index is 6.23. The quantitative estimate of drug-likeness (QED) is 0.574. The highest BCUT2D eigenvalue weighted by molar-refractivity contribution is 5.78. The second-order valence-corrected chi connectivity index (χ2v) is 6.01. The molecule has 0 atom stereocenters. The van der Waals surface area contributed by atoms with Crippen LogP contribution in [-0.2, 0) is 6.54 Å². The molecule has 0 spiro atoms. The Hall–Kier alpha value is -3.09. The van der Waals surface area contributed by atoms with E-state index in [2.05, 4.69) is 57.6 Å². The Balaban J connectivity index is 1.64. The van der Waals surface area contributed by atoms with Crippen molar-refractivity contribution in [2.24, 2.45) is 0 Å². The molecule has 0 radical (unpaired) electrons. The molecular formula is C18H23N7. The largest absolute Gasteiger partial charge is 0.393 e. The molecule has 2 heterocycles. The molecule has 25 heavy (non-hydrogen) atoms. The molecule has 2 aromatic heterocycles. The Kier molecular flexibility index (Phi) is 5.13. The average Bonchev–Trinajstić information content (AvgIpc) is 3.11. The molecule has 3 rings (SSSR count). The van der Waals surface area contributed by atoms with Crippen molar-refractivity contribution in [1.29, 1.82) is 0 Å². The molecule has 130 valence electrons. The average molecular weight is 337 g/mol. The number of nitrogens with zero attached hydrogens (tertiary/aromatic N) is 4. The SMILES string of the molecule is Cc1ccc(C)c(Nc2ncnc(NCCCn3ccnc3)c2N)c1. The van der Waals surface area contributed by atoms with E-state index in [0.29, 0.717) is 17.3 Å². The molecule has 0 aliphatic heterocycles. The van der Waals surface area contributed by atoms with E-state index in [0.717, 1.165) is 30.8 Å². The van der Waals surface area contributed by atoms with Crippen LogP contribution in [0.4, 0.5) is 23.0 Å². The minimum atomic E-state index is 0.519. The summed E-state index contributed by atoms with van der Waals surface area (Å²) in [6.45, 7) is 5.77. The number of imidazole rings is 1. The standard InChI is InChI=1S/C18H23N7/c1-13-4-5-14(2)15(10-13)24-18-16(19)17(22-11-23-18)21-6-3-8-25-9-7-20-12-25/h4-5,7,9-12H,3,6,8,19H2,1-2H3,(H2,21,22,23,24). The second kappa shape index (κ2) is 7.65. The zero-order valence-electron chi connectivity index (χ0n) is 14.5. The third-order valence-corrected chi connectivity index (χ3v) is 3.97. The van der Waals surface area contributed by atoms with Gasteiger partial charge in [0.25, 0.3) is 0 Å². The first-order chi connectivity index (χ1) is 12.1. The van der Waals surface area contributed by atoms with Crippen molar-refractivity contribution in [1.82, 2.24) is 19.5 Å². The summed E-state index contributed by atoms with van der Waals surface area (Å²) in [7, 11) is 0. The number of hydrogen-bond donors (Lipinski definition) is 3. The third kappa shape index (κ3) is 4.26. The van der Waals surface area contributed by atoms with Gasteiger partial charge in [-0.2, -0.15) is 0 Å². The van der Waals surface area contributed by atoms with Crippen molar-refractivity contribution < 1.29 is 0 Å². The predicted molar refractivity (Wildman–Crippen MR) is 101 cm³/mol. The Morgan fingerprint density at radius 1 is 1.16 bits per heavy atom. The lowest BCUT2D eigenvalue weighted by Gasteiger charge is -2.14. The number of nitrogens with two attached hydrogens (primary N) is 1. The number of aryl methyl sites for hydroxylation is 3. The first-order valence-corrected chi connectivity index (χ1v) is 8.28. The molecule has 0 unspecified atom stereocenters. The van der Waals surface area contributed by atoms with Crippen LogP contribution < -0.4 is 16.4 Å². The topological polar surface area (TPSA) is 93.7 Å². The van der Waals surface area contributed by atoms with E-state index in [1.54, 1.807) is 6.20 Å². The summed E-state index contributed by atoms with van der Waals surface area (Å²) >= 11 is 0. The molecular weight excluding hydrogens is 314 g/mol. The molecule has 0 saturated carbocycles. The summed E-state index contributed by atoms with van der Waals surface area (Å²) in [6.07, 6.45) is 8.00. The fraction of sp³-hybridized carbons (Fsp3) is 0.278. The van der Waals surface area contributed by atoms with Crippen LogP contribution in [0, 0.1) is 13.8 Å². The molecule has 0 saturated heterocycles. The number of hydrogen-bond acceptors (Lipinski definition) is 6. The van der Waals surface area contributed by atoms with Gasteiger partial charge in [0.05, 0.1) is 6.33 Å². The lowest BCUT2D eigenvalue weighted by molar-refractivity contribution is 0.660. The first kappa shape index (κ1) is 16.8. The molecule has 0 fully saturated rings. The van der Waals surface area contributed by atoms with Crippen LogP contribution in [-0.4, -0.2) is 26.1 Å². The van der Waals surface area contributed by atoms with Crippen LogP contribution in [0.3, 0.4) is 0 Å². The van der Waals surface area contributed by atoms with Gasteiger partial charge in [-0.1, -0.05) is 12.1 Å². The summed E-state index contributed by atoms with van der Waals surface area (Å²) < 4.78 is 2.04. The number of aromatic nitrogens is 4. The Morgan fingerprint density at radius 3 is 2.80 bits per heavy atom. The maximum Gasteiger partial charge on any atom is 0.159 e. The highest BCUT2D eigenvalue weighted by Gasteiger charge is 2.09. The summed E-state index contributed by atoms with van der Waals surface area (Å²) in [5, 5.41) is 6.58. The number of nitrogens with one attached hydrogen (secondary N) is 2. The molecule has 1 aromatic carbocycles. The number of anilines is 4. The van der Waals surface area contributed by atoms with Crippen molar-refractivity contribution in [2.75, 3.05) is 22.9 Å². The van der Waals surface area contributed by atoms with E-state index in [4.69, 9.17) is 5.73 Å². The lowest BCUT2D eigenvalue weighted by atomic mass is 10.1. The van der Waals surface area contributed by atoms with Crippen LogP contribution in [0.1, 0.15) is 17.5 Å². The Morgan fingerprint density at radius 2 is 2.00 bits per heavy atom. The van der Waals surface area contributed by atoms with E-state index in [1.807, 2.05) is 17.1 Å². The summed E-state index contributed by atoms with van der Waals surface area (Å²) in [5.74, 6) is 1.26. The van der Waals surface area contributed by atoms with E-state index < -0.39 is 0 Å². The minimum absolute atomic E-state index is 0.519. The van der Waals surface area contributed by atoms with Gasteiger partial charge < -0.3 is 20.9 Å². The van der Waals surface area contributed by atoms with E-state index in [-0.39, 0.29) is 0 Å². The van der Waals surface area contributed by atoms with E-state index >= 15 is 0 Å². The van der Waals surface area contributed by atoms with Gasteiger partial charge in [0.2, 0.25) is 0 Å². The van der Waals surface area contributed by atoms with Crippen LogP contribution in [0.5, 0.6) is 0 Å². The molecule has 4 N–H and O–H groups in total. The summed E-state index contributed by atoms with van der Waals surface area (Å²) in [6, 6.07) is 6.23. The van der Waals surface area contributed by atoms with Gasteiger partial charge in [0, 0.05) is 31.2 Å². The van der Waals surface area contributed by atoms with Crippen molar-refractivity contribution in [3.05, 3.63) is 54.4 Å². The van der Waals surface area contributed by atoms with Crippen LogP contribution >= 0.6 is 0 Å². The van der Waals surface area contributed by atoms with Gasteiger partial charge in [-0.25, -0.2) is 15.0 Å². The van der Waals surface area contributed by atoms with Crippen LogP contribution in [0.15, 0.2) is 43.2 Å². The number of benzene rings is 1. The molecule has 7 heteroatoms. The summed E-state index contributed by atoms with van der Waals surface area (Å²) in [5.41, 5.74) is 10.1. The Labute approximate surface area is 147 Å². The molecule has 0 aliphatic carbocycles. The number of rotatable bonds is 7. The zero-order chi connectivity index (χ0) is 17.6. The van der Waals surface area contributed by atoms with E-state index in [1.165, 1.54) is 11.9 Å². The molecule has 0 amide bonds. The number of nitrogen functional groups attached to an aromatic ring is 1. The first-order valence-electron chi connectivity index (χ1n) is 8.28. The highest BCUT2D eigenvalue weighted by Crippen LogP contribution is 2.27. The maximum atomic E-state index is 6.23. The fourth-order valence-corrected chi connectivity index (χ4v) is 2.52. The van der Waals surface area contributed by atoms with Crippen LogP contribution in [0.2, 0.25) is 0 Å². The lowest BCUT2D eigenvalue weighted by Crippen LogP contribution is -2.11.